The quantitative estimate of drug-likeness (QED) is 0.414. The topological polar surface area (TPSA) is 86.8 Å². The van der Waals surface area contributed by atoms with Crippen LogP contribution in [0.4, 0.5) is 14.6 Å². The van der Waals surface area contributed by atoms with E-state index in [1.165, 1.54) is 13.3 Å². The summed E-state index contributed by atoms with van der Waals surface area (Å²) in [6, 6.07) is 11.2. The molecule has 7 nitrogen and oxygen atoms in total. The van der Waals surface area contributed by atoms with Crippen LogP contribution in [0.1, 0.15) is 54.4 Å². The van der Waals surface area contributed by atoms with Gasteiger partial charge in [-0.3, -0.25) is 14.8 Å². The van der Waals surface area contributed by atoms with Gasteiger partial charge in [-0.15, -0.1) is 11.8 Å². The number of halogens is 3. The summed E-state index contributed by atoms with van der Waals surface area (Å²) in [5, 5.41) is 10.4. The van der Waals surface area contributed by atoms with Gasteiger partial charge in [-0.2, -0.15) is 5.10 Å². The van der Waals surface area contributed by atoms with Gasteiger partial charge in [0, 0.05) is 49.3 Å². The first-order chi connectivity index (χ1) is 17.3. The van der Waals surface area contributed by atoms with E-state index >= 15 is 0 Å². The lowest BCUT2D eigenvalue weighted by molar-refractivity contribution is -0.114. The van der Waals surface area contributed by atoms with Crippen LogP contribution >= 0.6 is 23.4 Å². The highest BCUT2D eigenvalue weighted by Crippen LogP contribution is 2.56. The molecule has 0 aliphatic carbocycles. The van der Waals surface area contributed by atoms with Crippen LogP contribution in [0, 0.1) is 0 Å². The van der Waals surface area contributed by atoms with E-state index in [1.54, 1.807) is 18.0 Å². The Morgan fingerprint density at radius 2 is 1.97 bits per heavy atom. The van der Waals surface area contributed by atoms with E-state index in [-0.39, 0.29) is 43.1 Å². The average Bonchev–Trinajstić information content (AvgIpc) is 3.52. The molecule has 2 aromatic heterocycles. The molecular weight excluding hydrogens is 506 g/mol. The average molecular weight is 531 g/mol. The Labute approximate surface area is 216 Å². The van der Waals surface area contributed by atoms with Crippen LogP contribution in [0.15, 0.2) is 54.5 Å². The van der Waals surface area contributed by atoms with E-state index in [0.717, 1.165) is 21.6 Å². The zero-order chi connectivity index (χ0) is 25.3. The summed E-state index contributed by atoms with van der Waals surface area (Å²) in [5.74, 6) is -1.70. The summed E-state index contributed by atoms with van der Waals surface area (Å²) in [7, 11) is 0. The summed E-state index contributed by atoms with van der Waals surface area (Å²) in [6.07, 6.45) is 3.46. The van der Waals surface area contributed by atoms with Crippen molar-refractivity contribution in [1.82, 2.24) is 25.1 Å². The maximum atomic E-state index is 14.1. The van der Waals surface area contributed by atoms with Gasteiger partial charge < -0.3 is 5.32 Å². The number of H-pyrrole nitrogens is 1. The number of carbonyl (C=O) groups is 1. The van der Waals surface area contributed by atoms with Crippen LogP contribution in [0.25, 0.3) is 4.91 Å². The Balaban J connectivity index is 1.54. The molecule has 0 radical (unpaired) electrons. The van der Waals surface area contributed by atoms with Crippen molar-refractivity contribution in [3.63, 3.8) is 0 Å². The lowest BCUT2D eigenvalue weighted by Crippen LogP contribution is -2.42. The first-order valence-corrected chi connectivity index (χ1v) is 12.9. The molecule has 2 aliphatic heterocycles. The summed E-state index contributed by atoms with van der Waals surface area (Å²) in [4.78, 5) is 23.3. The maximum Gasteiger partial charge on any atom is 0.250 e. The smallest absolute Gasteiger partial charge is 0.250 e. The largest absolute Gasteiger partial charge is 0.311 e. The molecule has 4 heterocycles. The van der Waals surface area contributed by atoms with Gasteiger partial charge in [0.1, 0.15) is 12.1 Å². The fourth-order valence-corrected chi connectivity index (χ4v) is 6.29. The third kappa shape index (κ3) is 5.45. The number of amides is 1. The van der Waals surface area contributed by atoms with Gasteiger partial charge >= 0.3 is 0 Å². The number of thioether (sulfide) groups is 1. The number of likely N-dealkylation sites (tertiary alicyclic amines) is 1. The Kier molecular flexibility index (Phi) is 7.09. The summed E-state index contributed by atoms with van der Waals surface area (Å²) < 4.78 is 28.1. The van der Waals surface area contributed by atoms with Gasteiger partial charge in [-0.05, 0) is 47.4 Å². The second kappa shape index (κ2) is 10.3. The molecular formula is C25H25ClF2N6OS. The highest BCUT2D eigenvalue weighted by atomic mass is 35.5. The molecule has 0 bridgehead atoms. The summed E-state index contributed by atoms with van der Waals surface area (Å²) in [5.41, 5.74) is 3.09. The van der Waals surface area contributed by atoms with E-state index in [2.05, 4.69) is 30.4 Å². The predicted octanol–water partition coefficient (Wildman–Crippen LogP) is 5.87. The van der Waals surface area contributed by atoms with Gasteiger partial charge in [0.05, 0.1) is 10.9 Å². The number of carbonyl (C=O) groups excluding carboxylic acids is 1. The van der Waals surface area contributed by atoms with Crippen LogP contribution in [0.2, 0.25) is 5.02 Å². The van der Waals surface area contributed by atoms with Gasteiger partial charge in [0.2, 0.25) is 5.91 Å². The second-order valence-electron chi connectivity index (χ2n) is 9.00. The van der Waals surface area contributed by atoms with E-state index in [9.17, 15) is 13.6 Å². The van der Waals surface area contributed by atoms with Gasteiger partial charge in [-0.25, -0.2) is 18.7 Å². The monoisotopic (exact) mass is 530 g/mol. The molecule has 1 saturated heterocycles. The van der Waals surface area contributed by atoms with Crippen LogP contribution < -0.4 is 5.32 Å². The van der Waals surface area contributed by atoms with Crippen LogP contribution in [-0.2, 0) is 4.79 Å². The number of piperidine rings is 1. The number of rotatable bonds is 6. The number of alkyl halides is 2. The second-order valence-corrected chi connectivity index (χ2v) is 10.7. The first-order valence-electron chi connectivity index (χ1n) is 11.7. The molecule has 188 valence electrons. The number of anilines is 1. The highest BCUT2D eigenvalue weighted by molar-refractivity contribution is 8.08. The van der Waals surface area contributed by atoms with Gasteiger partial charge in [0.15, 0.2) is 5.82 Å². The molecule has 2 unspecified atom stereocenters. The highest BCUT2D eigenvalue weighted by Gasteiger charge is 2.41. The van der Waals surface area contributed by atoms with Crippen molar-refractivity contribution in [1.29, 1.82) is 0 Å². The minimum Gasteiger partial charge on any atom is -0.311 e. The van der Waals surface area contributed by atoms with Crippen molar-refractivity contribution in [2.45, 2.75) is 43.4 Å². The first kappa shape index (κ1) is 24.9. The Hall–Kier alpha value is -2.82. The number of hydrogen-bond acceptors (Lipinski definition) is 6. The molecule has 3 aromatic rings. The number of pyridine rings is 1. The number of benzene rings is 1. The third-order valence-electron chi connectivity index (χ3n) is 6.46. The molecule has 2 aliphatic rings. The molecule has 2 N–H and O–H groups in total. The number of hydrogen-bond donors (Lipinski definition) is 2. The normalized spacial score (nSPS) is 20.9. The van der Waals surface area contributed by atoms with Crippen molar-refractivity contribution in [3.8, 4) is 0 Å². The molecule has 5 rings (SSSR count). The lowest BCUT2D eigenvalue weighted by Gasteiger charge is -2.39. The molecule has 36 heavy (non-hydrogen) atoms. The van der Waals surface area contributed by atoms with Crippen molar-refractivity contribution in [2.75, 3.05) is 18.4 Å². The maximum absolute atomic E-state index is 14.1. The van der Waals surface area contributed by atoms with Crippen molar-refractivity contribution >= 4 is 40.0 Å². The zero-order valence-electron chi connectivity index (χ0n) is 19.5. The molecule has 0 saturated carbocycles. The number of aromatic nitrogens is 4. The van der Waals surface area contributed by atoms with E-state index in [1.807, 2.05) is 36.4 Å². The number of aromatic amines is 1. The SMILES string of the molecule is CC(=O)Nc1cc(C2CC(C(c3ccc(Cl)cc3)N3CCC(F)(F)CC3)=C(c3ncn[nH]3)S2)ccn1. The zero-order valence-corrected chi connectivity index (χ0v) is 21.1. The minimum atomic E-state index is -2.65. The molecule has 1 fully saturated rings. The van der Waals surface area contributed by atoms with Crippen LogP contribution in [0.3, 0.4) is 0 Å². The fourth-order valence-electron chi connectivity index (χ4n) is 4.78. The Morgan fingerprint density at radius 3 is 2.64 bits per heavy atom. The van der Waals surface area contributed by atoms with Crippen LogP contribution in [-0.4, -0.2) is 50.0 Å². The van der Waals surface area contributed by atoms with Crippen molar-refractivity contribution in [2.24, 2.45) is 0 Å². The van der Waals surface area contributed by atoms with E-state index in [4.69, 9.17) is 11.6 Å². The predicted molar refractivity (Wildman–Crippen MR) is 137 cm³/mol. The molecule has 1 aromatic carbocycles. The lowest BCUT2D eigenvalue weighted by atomic mass is 9.90. The minimum absolute atomic E-state index is 0.0247. The Morgan fingerprint density at radius 1 is 1.22 bits per heavy atom. The molecule has 11 heteroatoms. The third-order valence-corrected chi connectivity index (χ3v) is 8.12. The standard InChI is InChI=1S/C25H25ClF2N6OS/c1-15(35)32-21-12-17(6-9-29-21)20-13-19(23(36-20)24-30-14-31-33-24)22(16-2-4-18(26)5-3-16)34-10-7-25(27,28)8-11-34/h2-6,9,12,14,20,22H,7-8,10-11,13H2,1H3,(H,29,32,35)(H,30,31,33). The van der Waals surface area contributed by atoms with Crippen molar-refractivity contribution in [3.05, 3.63) is 76.5 Å². The van der Waals surface area contributed by atoms with E-state index < -0.39 is 5.92 Å². The Bertz CT molecular complexity index is 1260. The number of nitrogens with one attached hydrogen (secondary N) is 2. The molecule has 2 atom stereocenters. The summed E-state index contributed by atoms with van der Waals surface area (Å²) in [6.45, 7) is 2.01. The van der Waals surface area contributed by atoms with E-state index in [0.29, 0.717) is 23.1 Å². The van der Waals surface area contributed by atoms with Gasteiger partial charge in [0.25, 0.3) is 5.92 Å². The number of nitrogens with zero attached hydrogens (tertiary/aromatic N) is 4. The molecule has 0 spiro atoms. The van der Waals surface area contributed by atoms with Crippen LogP contribution in [0.5, 0.6) is 0 Å². The van der Waals surface area contributed by atoms with Crippen molar-refractivity contribution < 1.29 is 13.6 Å². The molecule has 1 amide bonds. The fraction of sp³-hybridized carbons (Fsp3) is 0.360. The van der Waals surface area contributed by atoms with Gasteiger partial charge in [-0.1, -0.05) is 23.7 Å². The summed E-state index contributed by atoms with van der Waals surface area (Å²) >= 11 is 7.83.